The molecule has 2 aromatic rings. The van der Waals surface area contributed by atoms with Crippen LogP contribution in [0.25, 0.3) is 18.2 Å². The van der Waals surface area contributed by atoms with Gasteiger partial charge in [0, 0.05) is 0 Å². The quantitative estimate of drug-likeness (QED) is 0.623. The summed E-state index contributed by atoms with van der Waals surface area (Å²) >= 11 is 0. The Morgan fingerprint density at radius 3 is 2.92 bits per heavy atom. The fraction of sp³-hybridized carbons (Fsp3) is 0.136. The minimum absolute atomic E-state index is 0.0515. The monoisotopic (exact) mass is 316 g/mol. The van der Waals surface area contributed by atoms with E-state index >= 15 is 0 Å². The number of para-hydroxylation sites is 1. The molecule has 0 aliphatic heterocycles. The second-order valence-electron chi connectivity index (χ2n) is 5.55. The van der Waals surface area contributed by atoms with Crippen molar-refractivity contribution in [3.8, 4) is 5.75 Å². The maximum atomic E-state index is 12.5. The van der Waals surface area contributed by atoms with Gasteiger partial charge in [0.05, 0.1) is 12.2 Å². The lowest BCUT2D eigenvalue weighted by Crippen LogP contribution is -2.23. The molecule has 0 spiro atoms. The topological polar surface area (TPSA) is 26.3 Å². The second-order valence-corrected chi connectivity index (χ2v) is 5.55. The van der Waals surface area contributed by atoms with Gasteiger partial charge in [0.25, 0.3) is 0 Å². The zero-order valence-electron chi connectivity index (χ0n) is 13.7. The highest BCUT2D eigenvalue weighted by Crippen LogP contribution is 2.19. The van der Waals surface area contributed by atoms with Crippen LogP contribution in [0.1, 0.15) is 29.3 Å². The van der Waals surface area contributed by atoms with Gasteiger partial charge in [0.15, 0.2) is 5.78 Å². The fourth-order valence-corrected chi connectivity index (χ4v) is 2.69. The van der Waals surface area contributed by atoms with Gasteiger partial charge in [-0.2, -0.15) is 0 Å². The number of ether oxygens (including phenoxy) is 1. The Balaban J connectivity index is 1.87. The molecule has 2 heteroatoms. The van der Waals surface area contributed by atoms with Gasteiger partial charge in [-0.3, -0.25) is 4.79 Å². The van der Waals surface area contributed by atoms with E-state index in [4.69, 9.17) is 4.74 Å². The smallest absolute Gasteiger partial charge is 0.189 e. The highest BCUT2D eigenvalue weighted by Gasteiger charge is 2.08. The van der Waals surface area contributed by atoms with Gasteiger partial charge in [-0.15, -0.1) is 0 Å². The van der Waals surface area contributed by atoms with Crippen molar-refractivity contribution in [2.45, 2.75) is 13.3 Å². The van der Waals surface area contributed by atoms with Crippen LogP contribution < -0.4 is 15.2 Å². The molecule has 0 radical (unpaired) electrons. The molecule has 0 amide bonds. The summed E-state index contributed by atoms with van der Waals surface area (Å²) in [6.45, 7) is 2.45. The molecule has 0 fully saturated rings. The zero-order chi connectivity index (χ0) is 16.8. The van der Waals surface area contributed by atoms with Crippen LogP contribution in [0.4, 0.5) is 0 Å². The van der Waals surface area contributed by atoms with Crippen molar-refractivity contribution in [2.75, 3.05) is 6.61 Å². The summed E-state index contributed by atoms with van der Waals surface area (Å²) in [6, 6.07) is 13.6. The Hall–Kier alpha value is -2.87. The summed E-state index contributed by atoms with van der Waals surface area (Å²) in [5, 5.41) is 2.40. The highest BCUT2D eigenvalue weighted by atomic mass is 16.5. The first kappa shape index (κ1) is 16.0. The van der Waals surface area contributed by atoms with Crippen molar-refractivity contribution < 1.29 is 9.53 Å². The third kappa shape index (κ3) is 3.72. The molecule has 1 aliphatic carbocycles. The Labute approximate surface area is 142 Å². The van der Waals surface area contributed by atoms with Crippen LogP contribution in [0.15, 0.2) is 60.7 Å². The van der Waals surface area contributed by atoms with Crippen LogP contribution >= 0.6 is 0 Å². The van der Waals surface area contributed by atoms with Gasteiger partial charge in [-0.05, 0) is 53.6 Å². The third-order valence-corrected chi connectivity index (χ3v) is 3.88. The standard InChI is InChI=1S/C22H20O2/c1-2-24-22-11-7-6-10-20(22)21(23)15-13-17-12-14-18-8-4-3-5-9-19(18)16-17/h3,5-16H,2,4H2,1H3. The average Bonchev–Trinajstić information content (AvgIpc) is 2.85. The largest absolute Gasteiger partial charge is 0.493 e. The van der Waals surface area contributed by atoms with Crippen LogP contribution in [0, 0.1) is 0 Å². The lowest BCUT2D eigenvalue weighted by molar-refractivity contribution is 0.104. The van der Waals surface area contributed by atoms with Gasteiger partial charge >= 0.3 is 0 Å². The SMILES string of the molecule is CCOc1ccccc1C(=O)C=Cc1ccc2c(c1)=CC=CCC=2. The number of ketones is 1. The molecular weight excluding hydrogens is 296 g/mol. The molecular formula is C22H20O2. The Morgan fingerprint density at radius 2 is 2.04 bits per heavy atom. The minimum Gasteiger partial charge on any atom is -0.493 e. The molecule has 3 rings (SSSR count). The Morgan fingerprint density at radius 1 is 1.17 bits per heavy atom. The molecule has 2 aromatic carbocycles. The number of rotatable bonds is 5. The van der Waals surface area contributed by atoms with E-state index in [9.17, 15) is 4.79 Å². The maximum Gasteiger partial charge on any atom is 0.189 e. The number of carbonyl (C=O) groups is 1. The summed E-state index contributed by atoms with van der Waals surface area (Å²) in [6.07, 6.45) is 12.9. The second kappa shape index (κ2) is 7.60. The van der Waals surface area contributed by atoms with Gasteiger partial charge < -0.3 is 4.74 Å². The summed E-state index contributed by atoms with van der Waals surface area (Å²) in [4.78, 5) is 12.5. The summed E-state index contributed by atoms with van der Waals surface area (Å²) in [5.74, 6) is 0.578. The molecule has 0 saturated heterocycles. The van der Waals surface area contributed by atoms with Crippen molar-refractivity contribution >= 4 is 24.0 Å². The molecule has 0 saturated carbocycles. The van der Waals surface area contributed by atoms with Crippen LogP contribution in [0.5, 0.6) is 5.75 Å². The summed E-state index contributed by atoms with van der Waals surface area (Å²) in [5.41, 5.74) is 1.60. The van der Waals surface area contributed by atoms with Crippen molar-refractivity contribution in [1.82, 2.24) is 0 Å². The first-order valence-electron chi connectivity index (χ1n) is 8.19. The van der Waals surface area contributed by atoms with Crippen molar-refractivity contribution in [2.24, 2.45) is 0 Å². The molecule has 0 unspecified atom stereocenters. The molecule has 0 N–H and O–H groups in total. The number of hydrogen-bond acceptors (Lipinski definition) is 2. The highest BCUT2D eigenvalue weighted by molar-refractivity contribution is 6.08. The third-order valence-electron chi connectivity index (χ3n) is 3.88. The average molecular weight is 316 g/mol. The number of carbonyl (C=O) groups excluding carboxylic acids is 1. The van der Waals surface area contributed by atoms with E-state index in [1.165, 1.54) is 10.4 Å². The summed E-state index contributed by atoms with van der Waals surface area (Å²) in [7, 11) is 0. The number of allylic oxidation sites excluding steroid dienone is 3. The van der Waals surface area contributed by atoms with E-state index in [-0.39, 0.29) is 5.78 Å². The zero-order valence-corrected chi connectivity index (χ0v) is 13.7. The van der Waals surface area contributed by atoms with Crippen LogP contribution in [0.2, 0.25) is 0 Å². The number of hydrogen-bond donors (Lipinski definition) is 0. The molecule has 0 heterocycles. The Bertz CT molecular complexity index is 917. The van der Waals surface area contributed by atoms with E-state index in [1.54, 1.807) is 12.1 Å². The molecule has 120 valence electrons. The molecule has 2 nitrogen and oxygen atoms in total. The van der Waals surface area contributed by atoms with Gasteiger partial charge in [0.2, 0.25) is 0 Å². The van der Waals surface area contributed by atoms with E-state index in [0.717, 1.165) is 12.0 Å². The van der Waals surface area contributed by atoms with Gasteiger partial charge in [-0.1, -0.05) is 54.6 Å². The maximum absolute atomic E-state index is 12.5. The molecule has 24 heavy (non-hydrogen) atoms. The van der Waals surface area contributed by atoms with Crippen molar-refractivity contribution in [3.05, 3.63) is 82.3 Å². The summed E-state index contributed by atoms with van der Waals surface area (Å²) < 4.78 is 5.53. The van der Waals surface area contributed by atoms with Crippen molar-refractivity contribution in [1.29, 1.82) is 0 Å². The molecule has 0 bridgehead atoms. The van der Waals surface area contributed by atoms with Crippen LogP contribution in [-0.4, -0.2) is 12.4 Å². The molecule has 1 aliphatic rings. The van der Waals surface area contributed by atoms with Gasteiger partial charge in [0.1, 0.15) is 5.75 Å². The van der Waals surface area contributed by atoms with E-state index in [0.29, 0.717) is 17.9 Å². The van der Waals surface area contributed by atoms with E-state index in [1.807, 2.05) is 37.3 Å². The lowest BCUT2D eigenvalue weighted by atomic mass is 10.1. The van der Waals surface area contributed by atoms with Crippen LogP contribution in [0.3, 0.4) is 0 Å². The predicted molar refractivity (Wildman–Crippen MR) is 99.4 cm³/mol. The minimum atomic E-state index is -0.0515. The normalized spacial score (nSPS) is 12.9. The molecule has 0 aromatic heterocycles. The fourth-order valence-electron chi connectivity index (χ4n) is 2.69. The lowest BCUT2D eigenvalue weighted by Gasteiger charge is -2.06. The van der Waals surface area contributed by atoms with Crippen LogP contribution in [-0.2, 0) is 0 Å². The predicted octanol–water partition coefficient (Wildman–Crippen LogP) is 3.50. The van der Waals surface area contributed by atoms with Crippen molar-refractivity contribution in [3.63, 3.8) is 0 Å². The van der Waals surface area contributed by atoms with Gasteiger partial charge in [-0.25, -0.2) is 0 Å². The molecule has 0 atom stereocenters. The first-order valence-corrected chi connectivity index (χ1v) is 8.19. The van der Waals surface area contributed by atoms with E-state index in [2.05, 4.69) is 36.4 Å². The Kier molecular flexibility index (Phi) is 5.07. The van der Waals surface area contributed by atoms with E-state index < -0.39 is 0 Å². The first-order chi connectivity index (χ1) is 11.8. The number of fused-ring (bicyclic) bond motifs is 1. The number of benzene rings is 2.